The molecule has 0 spiro atoms. The zero-order valence-corrected chi connectivity index (χ0v) is 10.7. The maximum atomic E-state index is 7.39. The molecular formula is C14H20N2O2. The van der Waals surface area contributed by atoms with Gasteiger partial charge in [-0.1, -0.05) is 0 Å². The first-order chi connectivity index (χ1) is 8.66. The summed E-state index contributed by atoms with van der Waals surface area (Å²) in [5.74, 6) is 1.56. The van der Waals surface area contributed by atoms with Crippen molar-refractivity contribution in [2.24, 2.45) is 11.7 Å². The molecule has 1 aromatic carbocycles. The highest BCUT2D eigenvalue weighted by Crippen LogP contribution is 2.22. The molecule has 3 N–H and O–H groups in total. The van der Waals surface area contributed by atoms with E-state index in [1.807, 2.05) is 25.1 Å². The molecule has 1 fully saturated rings. The van der Waals surface area contributed by atoms with Crippen LogP contribution in [0, 0.1) is 18.3 Å². The van der Waals surface area contributed by atoms with Gasteiger partial charge in [0.05, 0.1) is 6.61 Å². The van der Waals surface area contributed by atoms with Gasteiger partial charge in [0.25, 0.3) is 0 Å². The summed E-state index contributed by atoms with van der Waals surface area (Å²) in [7, 11) is 0. The third kappa shape index (κ3) is 3.23. The zero-order chi connectivity index (χ0) is 13.0. The Morgan fingerprint density at radius 2 is 2.17 bits per heavy atom. The van der Waals surface area contributed by atoms with Crippen LogP contribution >= 0.6 is 0 Å². The summed E-state index contributed by atoms with van der Waals surface area (Å²) in [6, 6.07) is 5.61. The van der Waals surface area contributed by atoms with Crippen LogP contribution in [0.25, 0.3) is 0 Å². The van der Waals surface area contributed by atoms with Gasteiger partial charge in [-0.15, -0.1) is 0 Å². The molecule has 2 rings (SSSR count). The Balaban J connectivity index is 1.94. The van der Waals surface area contributed by atoms with Crippen LogP contribution in [-0.4, -0.2) is 25.7 Å². The number of rotatable bonds is 4. The molecule has 0 aromatic heterocycles. The number of amidine groups is 1. The average Bonchev–Trinajstić information content (AvgIpc) is 2.38. The SMILES string of the molecule is Cc1cc(C(=N)N)ccc1OCC1CCOCC1. The summed E-state index contributed by atoms with van der Waals surface area (Å²) in [6.45, 7) is 4.40. The Morgan fingerprint density at radius 1 is 1.44 bits per heavy atom. The largest absolute Gasteiger partial charge is 0.493 e. The quantitative estimate of drug-likeness (QED) is 0.633. The van der Waals surface area contributed by atoms with Crippen LogP contribution in [0.5, 0.6) is 5.75 Å². The lowest BCUT2D eigenvalue weighted by Crippen LogP contribution is -2.21. The standard InChI is InChI=1S/C14H20N2O2/c1-10-8-12(14(15)16)2-3-13(10)18-9-11-4-6-17-7-5-11/h2-3,8,11H,4-7,9H2,1H3,(H3,15,16). The molecular weight excluding hydrogens is 228 g/mol. The Labute approximate surface area is 108 Å². The Bertz CT molecular complexity index is 426. The minimum Gasteiger partial charge on any atom is -0.493 e. The topological polar surface area (TPSA) is 68.3 Å². The van der Waals surface area contributed by atoms with Crippen molar-refractivity contribution < 1.29 is 9.47 Å². The van der Waals surface area contributed by atoms with Gasteiger partial charge in [-0.2, -0.15) is 0 Å². The fourth-order valence-corrected chi connectivity index (χ4v) is 2.10. The maximum absolute atomic E-state index is 7.39. The maximum Gasteiger partial charge on any atom is 0.122 e. The number of ether oxygens (including phenoxy) is 2. The third-order valence-corrected chi connectivity index (χ3v) is 3.30. The van der Waals surface area contributed by atoms with Crippen LogP contribution in [0.2, 0.25) is 0 Å². The van der Waals surface area contributed by atoms with Crippen LogP contribution in [0.4, 0.5) is 0 Å². The number of nitrogen functional groups attached to an aromatic ring is 1. The molecule has 0 radical (unpaired) electrons. The number of hydrogen-bond acceptors (Lipinski definition) is 3. The van der Waals surface area contributed by atoms with Crippen LogP contribution in [0.1, 0.15) is 24.0 Å². The van der Waals surface area contributed by atoms with E-state index in [-0.39, 0.29) is 5.84 Å². The molecule has 1 aliphatic heterocycles. The Morgan fingerprint density at radius 3 is 2.78 bits per heavy atom. The molecule has 0 amide bonds. The monoisotopic (exact) mass is 248 g/mol. The lowest BCUT2D eigenvalue weighted by molar-refractivity contribution is 0.0496. The van der Waals surface area contributed by atoms with Crippen molar-refractivity contribution in [1.82, 2.24) is 0 Å². The number of nitrogens with two attached hydrogens (primary N) is 1. The van der Waals surface area contributed by atoms with Gasteiger partial charge in [0.2, 0.25) is 0 Å². The van der Waals surface area contributed by atoms with Gasteiger partial charge < -0.3 is 15.2 Å². The van der Waals surface area contributed by atoms with Crippen molar-refractivity contribution in [1.29, 1.82) is 5.41 Å². The fourth-order valence-electron chi connectivity index (χ4n) is 2.10. The van der Waals surface area contributed by atoms with Gasteiger partial charge in [-0.3, -0.25) is 5.41 Å². The molecule has 1 aromatic rings. The van der Waals surface area contributed by atoms with E-state index in [1.54, 1.807) is 0 Å². The normalized spacial score (nSPS) is 16.5. The average molecular weight is 248 g/mol. The van der Waals surface area contributed by atoms with Gasteiger partial charge in [0, 0.05) is 18.8 Å². The summed E-state index contributed by atoms with van der Waals surface area (Å²) in [6.07, 6.45) is 2.15. The Kier molecular flexibility index (Phi) is 4.20. The van der Waals surface area contributed by atoms with Gasteiger partial charge in [-0.25, -0.2) is 0 Å². The minimum atomic E-state index is 0.0917. The molecule has 4 heteroatoms. The highest BCUT2D eigenvalue weighted by atomic mass is 16.5. The molecule has 18 heavy (non-hydrogen) atoms. The smallest absolute Gasteiger partial charge is 0.122 e. The van der Waals surface area contributed by atoms with E-state index in [9.17, 15) is 0 Å². The highest BCUT2D eigenvalue weighted by Gasteiger charge is 2.14. The zero-order valence-electron chi connectivity index (χ0n) is 10.7. The predicted molar refractivity (Wildman–Crippen MR) is 71.2 cm³/mol. The van der Waals surface area contributed by atoms with Crippen LogP contribution in [-0.2, 0) is 4.74 Å². The summed E-state index contributed by atoms with van der Waals surface area (Å²) >= 11 is 0. The number of nitrogens with one attached hydrogen (secondary N) is 1. The van der Waals surface area contributed by atoms with Crippen molar-refractivity contribution in [3.8, 4) is 5.75 Å². The first kappa shape index (κ1) is 12.9. The van der Waals surface area contributed by atoms with E-state index in [0.717, 1.165) is 49.5 Å². The van der Waals surface area contributed by atoms with Crippen LogP contribution < -0.4 is 10.5 Å². The van der Waals surface area contributed by atoms with Gasteiger partial charge >= 0.3 is 0 Å². The van der Waals surface area contributed by atoms with E-state index in [2.05, 4.69) is 0 Å². The van der Waals surface area contributed by atoms with Crippen molar-refractivity contribution in [3.05, 3.63) is 29.3 Å². The molecule has 98 valence electrons. The molecule has 1 aliphatic rings. The summed E-state index contributed by atoms with van der Waals surface area (Å²) < 4.78 is 11.2. The summed E-state index contributed by atoms with van der Waals surface area (Å²) in [5.41, 5.74) is 7.22. The molecule has 1 heterocycles. The summed E-state index contributed by atoms with van der Waals surface area (Å²) in [5, 5.41) is 7.39. The molecule has 0 aliphatic carbocycles. The van der Waals surface area contributed by atoms with Crippen molar-refractivity contribution in [2.45, 2.75) is 19.8 Å². The van der Waals surface area contributed by atoms with Crippen LogP contribution in [0.3, 0.4) is 0 Å². The van der Waals surface area contributed by atoms with Gasteiger partial charge in [0.1, 0.15) is 11.6 Å². The number of hydrogen-bond donors (Lipinski definition) is 2. The molecule has 1 saturated heterocycles. The molecule has 0 atom stereocenters. The van der Waals surface area contributed by atoms with Crippen molar-refractivity contribution in [2.75, 3.05) is 19.8 Å². The third-order valence-electron chi connectivity index (χ3n) is 3.30. The Hall–Kier alpha value is -1.55. The molecule has 0 saturated carbocycles. The van der Waals surface area contributed by atoms with E-state index in [1.165, 1.54) is 0 Å². The predicted octanol–water partition coefficient (Wildman–Crippen LogP) is 2.08. The lowest BCUT2D eigenvalue weighted by Gasteiger charge is -2.22. The van der Waals surface area contributed by atoms with Crippen molar-refractivity contribution in [3.63, 3.8) is 0 Å². The van der Waals surface area contributed by atoms with Crippen molar-refractivity contribution >= 4 is 5.84 Å². The van der Waals surface area contributed by atoms with Crippen LogP contribution in [0.15, 0.2) is 18.2 Å². The van der Waals surface area contributed by atoms with E-state index in [4.69, 9.17) is 20.6 Å². The van der Waals surface area contributed by atoms with Gasteiger partial charge in [-0.05, 0) is 49.4 Å². The van der Waals surface area contributed by atoms with E-state index < -0.39 is 0 Å². The first-order valence-electron chi connectivity index (χ1n) is 6.32. The second kappa shape index (κ2) is 5.87. The van der Waals surface area contributed by atoms with E-state index >= 15 is 0 Å². The molecule has 0 unspecified atom stereocenters. The van der Waals surface area contributed by atoms with E-state index in [0.29, 0.717) is 5.92 Å². The minimum absolute atomic E-state index is 0.0917. The first-order valence-corrected chi connectivity index (χ1v) is 6.32. The summed E-state index contributed by atoms with van der Waals surface area (Å²) in [4.78, 5) is 0. The van der Waals surface area contributed by atoms with Gasteiger partial charge in [0.15, 0.2) is 0 Å². The second-order valence-corrected chi connectivity index (χ2v) is 4.76. The second-order valence-electron chi connectivity index (χ2n) is 4.76. The number of aryl methyl sites for hydroxylation is 1. The number of benzene rings is 1. The molecule has 4 nitrogen and oxygen atoms in total. The molecule has 0 bridgehead atoms. The highest BCUT2D eigenvalue weighted by molar-refractivity contribution is 5.95. The lowest BCUT2D eigenvalue weighted by atomic mass is 10.0. The fraction of sp³-hybridized carbons (Fsp3) is 0.500.